The highest BCUT2D eigenvalue weighted by molar-refractivity contribution is 9.10. The number of nitrogens with one attached hydrogen (secondary N) is 1. The zero-order valence-electron chi connectivity index (χ0n) is 8.88. The van der Waals surface area contributed by atoms with Crippen molar-refractivity contribution < 1.29 is 14.3 Å². The molecular formula is C11H12BrNO3. The van der Waals surface area contributed by atoms with E-state index in [0.717, 1.165) is 22.2 Å². The maximum absolute atomic E-state index is 11.0. The average molecular weight is 286 g/mol. The molecule has 1 aliphatic rings. The zero-order chi connectivity index (χ0) is 11.5. The number of hydrogen-bond acceptors (Lipinski definition) is 3. The summed E-state index contributed by atoms with van der Waals surface area (Å²) in [6.45, 7) is 1.12. The van der Waals surface area contributed by atoms with E-state index in [4.69, 9.17) is 4.74 Å². The van der Waals surface area contributed by atoms with Crippen LogP contribution < -0.4 is 10.1 Å². The molecule has 0 saturated carbocycles. The molecule has 0 atom stereocenters. The summed E-state index contributed by atoms with van der Waals surface area (Å²) in [6, 6.07) is 3.99. The van der Waals surface area contributed by atoms with Gasteiger partial charge in [-0.15, -0.1) is 0 Å². The Kier molecular flexibility index (Phi) is 3.33. The van der Waals surface area contributed by atoms with Crippen LogP contribution in [0.2, 0.25) is 0 Å². The van der Waals surface area contributed by atoms with Gasteiger partial charge in [0.1, 0.15) is 5.75 Å². The largest absolute Gasteiger partial charge is 0.493 e. The molecule has 16 heavy (non-hydrogen) atoms. The molecule has 86 valence electrons. The SMILES string of the molecule is COC(=O)NCc1cc(Br)cc2c1OCC2. The fraction of sp³-hybridized carbons (Fsp3) is 0.364. The molecule has 0 radical (unpaired) electrons. The van der Waals surface area contributed by atoms with Crippen LogP contribution in [0.4, 0.5) is 4.79 Å². The molecule has 1 aromatic carbocycles. The van der Waals surface area contributed by atoms with Gasteiger partial charge < -0.3 is 14.8 Å². The standard InChI is InChI=1S/C11H12BrNO3/c1-15-11(14)13-6-8-5-9(12)4-7-2-3-16-10(7)8/h4-5H,2-3,6H2,1H3,(H,13,14). The van der Waals surface area contributed by atoms with E-state index < -0.39 is 6.09 Å². The maximum atomic E-state index is 11.0. The molecule has 1 N–H and O–H groups in total. The molecule has 1 heterocycles. The number of fused-ring (bicyclic) bond motifs is 1. The van der Waals surface area contributed by atoms with Gasteiger partial charge in [0.05, 0.1) is 13.7 Å². The average Bonchev–Trinajstić information content (AvgIpc) is 2.73. The van der Waals surface area contributed by atoms with E-state index in [-0.39, 0.29) is 0 Å². The van der Waals surface area contributed by atoms with E-state index in [9.17, 15) is 4.79 Å². The highest BCUT2D eigenvalue weighted by atomic mass is 79.9. The van der Waals surface area contributed by atoms with Crippen LogP contribution in [0.5, 0.6) is 5.75 Å². The van der Waals surface area contributed by atoms with Gasteiger partial charge in [0.2, 0.25) is 0 Å². The molecule has 0 aliphatic carbocycles. The summed E-state index contributed by atoms with van der Waals surface area (Å²) in [5, 5.41) is 2.64. The van der Waals surface area contributed by atoms with Crippen LogP contribution in [0.1, 0.15) is 11.1 Å². The number of alkyl carbamates (subject to hydrolysis) is 1. The molecule has 0 aromatic heterocycles. The lowest BCUT2D eigenvalue weighted by molar-refractivity contribution is 0.170. The third kappa shape index (κ3) is 2.29. The first-order chi connectivity index (χ1) is 7.70. The summed E-state index contributed by atoms with van der Waals surface area (Å²) in [7, 11) is 1.34. The van der Waals surface area contributed by atoms with E-state index in [2.05, 4.69) is 26.0 Å². The van der Waals surface area contributed by atoms with Crippen molar-refractivity contribution in [1.29, 1.82) is 0 Å². The van der Waals surface area contributed by atoms with Crippen LogP contribution in [0.3, 0.4) is 0 Å². The number of rotatable bonds is 2. The number of methoxy groups -OCH3 is 1. The number of hydrogen-bond donors (Lipinski definition) is 1. The van der Waals surface area contributed by atoms with Crippen LogP contribution in [0, 0.1) is 0 Å². The molecule has 4 nitrogen and oxygen atoms in total. The third-order valence-corrected chi connectivity index (χ3v) is 2.89. The Labute approximate surface area is 102 Å². The van der Waals surface area contributed by atoms with Gasteiger partial charge >= 0.3 is 6.09 Å². The van der Waals surface area contributed by atoms with Crippen molar-refractivity contribution in [1.82, 2.24) is 5.32 Å². The molecule has 5 heteroatoms. The second kappa shape index (κ2) is 4.74. The Balaban J connectivity index is 2.17. The second-order valence-corrected chi connectivity index (χ2v) is 4.41. The van der Waals surface area contributed by atoms with Gasteiger partial charge in [-0.2, -0.15) is 0 Å². The zero-order valence-corrected chi connectivity index (χ0v) is 10.5. The number of amides is 1. The minimum atomic E-state index is -0.438. The Morgan fingerprint density at radius 1 is 1.62 bits per heavy atom. The van der Waals surface area contributed by atoms with Crippen molar-refractivity contribution in [3.05, 3.63) is 27.7 Å². The van der Waals surface area contributed by atoms with Crippen LogP contribution in [-0.2, 0) is 17.7 Å². The molecule has 1 aliphatic heterocycles. The van der Waals surface area contributed by atoms with Crippen molar-refractivity contribution >= 4 is 22.0 Å². The van der Waals surface area contributed by atoms with Gasteiger partial charge in [-0.3, -0.25) is 0 Å². The maximum Gasteiger partial charge on any atom is 0.407 e. The molecule has 0 unspecified atom stereocenters. The number of ether oxygens (including phenoxy) is 2. The Bertz CT molecular complexity index is 420. The Morgan fingerprint density at radius 2 is 2.44 bits per heavy atom. The third-order valence-electron chi connectivity index (χ3n) is 2.43. The van der Waals surface area contributed by atoms with Gasteiger partial charge in [0, 0.05) is 23.0 Å². The quantitative estimate of drug-likeness (QED) is 0.907. The van der Waals surface area contributed by atoms with E-state index in [1.165, 1.54) is 12.7 Å². The van der Waals surface area contributed by atoms with E-state index in [1.54, 1.807) is 0 Å². The lowest BCUT2D eigenvalue weighted by atomic mass is 10.1. The van der Waals surface area contributed by atoms with E-state index >= 15 is 0 Å². The van der Waals surface area contributed by atoms with Crippen molar-refractivity contribution in [3.8, 4) is 5.75 Å². The lowest BCUT2D eigenvalue weighted by Gasteiger charge is -2.09. The minimum absolute atomic E-state index is 0.411. The van der Waals surface area contributed by atoms with Crippen molar-refractivity contribution in [2.45, 2.75) is 13.0 Å². The van der Waals surface area contributed by atoms with Crippen LogP contribution >= 0.6 is 15.9 Å². The Morgan fingerprint density at radius 3 is 3.19 bits per heavy atom. The summed E-state index contributed by atoms with van der Waals surface area (Å²) in [6.07, 6.45) is 0.478. The summed E-state index contributed by atoms with van der Waals surface area (Å²) in [4.78, 5) is 11.0. The second-order valence-electron chi connectivity index (χ2n) is 3.50. The van der Waals surface area contributed by atoms with Gasteiger partial charge in [-0.1, -0.05) is 15.9 Å². The van der Waals surface area contributed by atoms with Crippen molar-refractivity contribution in [2.24, 2.45) is 0 Å². The molecule has 1 amide bonds. The predicted molar refractivity (Wildman–Crippen MR) is 62.6 cm³/mol. The number of carbonyl (C=O) groups excluding carboxylic acids is 1. The normalized spacial score (nSPS) is 12.9. The highest BCUT2D eigenvalue weighted by Gasteiger charge is 2.17. The highest BCUT2D eigenvalue weighted by Crippen LogP contribution is 2.32. The molecule has 0 saturated heterocycles. The summed E-state index contributed by atoms with van der Waals surface area (Å²) >= 11 is 3.44. The number of carbonyl (C=O) groups is 1. The van der Waals surface area contributed by atoms with Crippen molar-refractivity contribution in [3.63, 3.8) is 0 Å². The number of benzene rings is 1. The van der Waals surface area contributed by atoms with E-state index in [1.807, 2.05) is 12.1 Å². The van der Waals surface area contributed by atoms with Crippen LogP contribution in [0.25, 0.3) is 0 Å². The molecule has 0 spiro atoms. The first-order valence-electron chi connectivity index (χ1n) is 4.96. The van der Waals surface area contributed by atoms with Crippen LogP contribution in [-0.4, -0.2) is 19.8 Å². The molecule has 0 fully saturated rings. The lowest BCUT2D eigenvalue weighted by Crippen LogP contribution is -2.22. The summed E-state index contributed by atoms with van der Waals surface area (Å²) < 4.78 is 11.1. The molecule has 1 aromatic rings. The Hall–Kier alpha value is -1.23. The molecular weight excluding hydrogens is 274 g/mol. The first-order valence-corrected chi connectivity index (χ1v) is 5.76. The van der Waals surface area contributed by atoms with E-state index in [0.29, 0.717) is 13.2 Å². The monoisotopic (exact) mass is 285 g/mol. The topological polar surface area (TPSA) is 47.6 Å². The number of halogens is 1. The minimum Gasteiger partial charge on any atom is -0.493 e. The van der Waals surface area contributed by atoms with Gasteiger partial charge in [0.25, 0.3) is 0 Å². The molecule has 0 bridgehead atoms. The fourth-order valence-electron chi connectivity index (χ4n) is 1.72. The van der Waals surface area contributed by atoms with Gasteiger partial charge in [-0.25, -0.2) is 4.79 Å². The fourth-order valence-corrected chi connectivity index (χ4v) is 2.27. The van der Waals surface area contributed by atoms with Gasteiger partial charge in [-0.05, 0) is 17.7 Å². The molecule has 2 rings (SSSR count). The van der Waals surface area contributed by atoms with Crippen LogP contribution in [0.15, 0.2) is 16.6 Å². The summed E-state index contributed by atoms with van der Waals surface area (Å²) in [5.41, 5.74) is 2.14. The van der Waals surface area contributed by atoms with Gasteiger partial charge in [0.15, 0.2) is 0 Å². The smallest absolute Gasteiger partial charge is 0.407 e. The first kappa shape index (κ1) is 11.3. The summed E-state index contributed by atoms with van der Waals surface area (Å²) in [5.74, 6) is 0.889. The van der Waals surface area contributed by atoms with Crippen molar-refractivity contribution in [2.75, 3.05) is 13.7 Å². The predicted octanol–water partition coefficient (Wildman–Crippen LogP) is 2.24.